The van der Waals surface area contributed by atoms with Crippen LogP contribution < -0.4 is 10.1 Å². The van der Waals surface area contributed by atoms with Crippen molar-refractivity contribution in [3.8, 4) is 5.75 Å². The Labute approximate surface area is 194 Å². The van der Waals surface area contributed by atoms with Crippen LogP contribution in [0.3, 0.4) is 0 Å². The first-order chi connectivity index (χ1) is 15.5. The summed E-state index contributed by atoms with van der Waals surface area (Å²) in [5.41, 5.74) is 0.350. The minimum Gasteiger partial charge on any atom is -0.404 e. The molecule has 0 saturated carbocycles. The van der Waals surface area contributed by atoms with Gasteiger partial charge in [0.15, 0.2) is 5.03 Å². The van der Waals surface area contributed by atoms with Crippen molar-refractivity contribution in [2.24, 2.45) is 18.9 Å². The summed E-state index contributed by atoms with van der Waals surface area (Å²) < 4.78 is 77.0. The van der Waals surface area contributed by atoms with Gasteiger partial charge >= 0.3 is 6.36 Å². The predicted molar refractivity (Wildman–Crippen MR) is 115 cm³/mol. The molecule has 3 atom stereocenters. The van der Waals surface area contributed by atoms with Crippen LogP contribution in [0.25, 0.3) is 0 Å². The fourth-order valence-corrected chi connectivity index (χ4v) is 6.01. The molecule has 0 spiro atoms. The Hall–Kier alpha value is -2.02. The second kappa shape index (κ2) is 9.32. The molecular weight excluding hydrogens is 485 g/mol. The van der Waals surface area contributed by atoms with Gasteiger partial charge in [0.1, 0.15) is 5.75 Å². The lowest BCUT2D eigenvalue weighted by atomic mass is 9.84. The van der Waals surface area contributed by atoms with Gasteiger partial charge in [-0.25, -0.2) is 13.4 Å². The van der Waals surface area contributed by atoms with Crippen molar-refractivity contribution >= 4 is 27.3 Å². The van der Waals surface area contributed by atoms with E-state index in [-0.39, 0.29) is 41.0 Å². The van der Waals surface area contributed by atoms with Gasteiger partial charge < -0.3 is 19.4 Å². The average Bonchev–Trinajstić information content (AvgIpc) is 3.37. The van der Waals surface area contributed by atoms with Gasteiger partial charge in [0.05, 0.1) is 11.3 Å². The molecule has 4 rings (SSSR count). The van der Waals surface area contributed by atoms with E-state index in [1.54, 1.807) is 11.6 Å². The molecule has 2 fully saturated rings. The zero-order valence-corrected chi connectivity index (χ0v) is 19.3. The van der Waals surface area contributed by atoms with Crippen LogP contribution in [0.2, 0.25) is 5.02 Å². The molecule has 1 aromatic heterocycles. The number of aryl methyl sites for hydroxylation is 1. The number of hydrogen-bond acceptors (Lipinski definition) is 6. The molecule has 2 aliphatic heterocycles. The highest BCUT2D eigenvalue weighted by molar-refractivity contribution is 7.89. The third kappa shape index (κ3) is 5.56. The Morgan fingerprint density at radius 1 is 1.30 bits per heavy atom. The quantitative estimate of drug-likeness (QED) is 0.643. The van der Waals surface area contributed by atoms with Crippen molar-refractivity contribution in [2.75, 3.05) is 31.6 Å². The molecule has 8 nitrogen and oxygen atoms in total. The number of halogens is 4. The topological polar surface area (TPSA) is 85.7 Å². The monoisotopic (exact) mass is 508 g/mol. The standard InChI is InChI=1S/C20H24ClF3N4O4S/c1-27-10-19(25-12-27)33(29,30)28-8-15(13-3-2-6-31-11-13)17(9-28)26-14-4-5-16(21)18(7-14)32-20(22,23)24/h4-5,7,10,12-13,15,17,26H,2-3,6,8-9,11H2,1H3/t13-,15+,17-/m1/s1. The summed E-state index contributed by atoms with van der Waals surface area (Å²) in [5.74, 6) is -0.521. The van der Waals surface area contributed by atoms with Crippen molar-refractivity contribution < 1.29 is 31.1 Å². The normalized spacial score (nSPS) is 24.7. The van der Waals surface area contributed by atoms with Gasteiger partial charge in [-0.1, -0.05) is 11.6 Å². The lowest BCUT2D eigenvalue weighted by molar-refractivity contribution is -0.274. The summed E-state index contributed by atoms with van der Waals surface area (Å²) in [4.78, 5) is 3.98. The third-order valence-corrected chi connectivity index (χ3v) is 7.96. The Morgan fingerprint density at radius 2 is 2.09 bits per heavy atom. The Bertz CT molecular complexity index is 1090. The average molecular weight is 509 g/mol. The van der Waals surface area contributed by atoms with Crippen LogP contribution in [0.5, 0.6) is 5.75 Å². The predicted octanol–water partition coefficient (Wildman–Crippen LogP) is 3.50. The van der Waals surface area contributed by atoms with Gasteiger partial charge in [-0.15, -0.1) is 13.2 Å². The number of benzene rings is 1. The maximum atomic E-state index is 13.2. The molecule has 2 aliphatic rings. The van der Waals surface area contributed by atoms with E-state index in [0.29, 0.717) is 18.9 Å². The van der Waals surface area contributed by atoms with E-state index >= 15 is 0 Å². The molecular formula is C20H24ClF3N4O4S. The van der Waals surface area contributed by atoms with Gasteiger partial charge in [-0.05, 0) is 36.8 Å². The van der Waals surface area contributed by atoms with Crippen molar-refractivity contribution in [1.29, 1.82) is 0 Å². The third-order valence-electron chi connectivity index (χ3n) is 5.93. The molecule has 1 N–H and O–H groups in total. The van der Waals surface area contributed by atoms with E-state index in [2.05, 4.69) is 15.0 Å². The summed E-state index contributed by atoms with van der Waals surface area (Å²) in [7, 11) is -2.14. The summed E-state index contributed by atoms with van der Waals surface area (Å²) in [6.07, 6.45) is -0.282. The van der Waals surface area contributed by atoms with Crippen LogP contribution in [-0.2, 0) is 21.8 Å². The number of sulfonamides is 1. The molecule has 1 aromatic carbocycles. The lowest BCUT2D eigenvalue weighted by Gasteiger charge is -2.31. The fourth-order valence-electron chi connectivity index (χ4n) is 4.39. The Kier molecular flexibility index (Phi) is 6.81. The molecule has 3 heterocycles. The van der Waals surface area contributed by atoms with E-state index < -0.39 is 22.1 Å². The molecule has 0 bridgehead atoms. The Balaban J connectivity index is 1.59. The number of nitrogens with zero attached hydrogens (tertiary/aromatic N) is 3. The number of rotatable bonds is 6. The summed E-state index contributed by atoms with van der Waals surface area (Å²) in [5, 5.41) is 2.98. The number of alkyl halides is 3. The van der Waals surface area contributed by atoms with Crippen molar-refractivity contribution in [3.05, 3.63) is 35.7 Å². The van der Waals surface area contributed by atoms with Gasteiger partial charge in [-0.2, -0.15) is 4.31 Å². The molecule has 2 aromatic rings. The van der Waals surface area contributed by atoms with Crippen LogP contribution in [0, 0.1) is 11.8 Å². The highest BCUT2D eigenvalue weighted by atomic mass is 35.5. The van der Waals surface area contributed by atoms with Gasteiger partial charge in [0.2, 0.25) is 0 Å². The molecule has 13 heteroatoms. The summed E-state index contributed by atoms with van der Waals surface area (Å²) in [6, 6.07) is 3.66. The van der Waals surface area contributed by atoms with E-state index in [0.717, 1.165) is 12.8 Å². The number of hydrogen-bond donors (Lipinski definition) is 1. The zero-order chi connectivity index (χ0) is 23.8. The molecule has 33 heavy (non-hydrogen) atoms. The first-order valence-electron chi connectivity index (χ1n) is 10.4. The molecule has 0 radical (unpaired) electrons. The van der Waals surface area contributed by atoms with Gasteiger partial charge in [0.25, 0.3) is 10.0 Å². The minimum absolute atomic E-state index is 0.0448. The lowest BCUT2D eigenvalue weighted by Crippen LogP contribution is -2.36. The first-order valence-corrected chi connectivity index (χ1v) is 12.2. The van der Waals surface area contributed by atoms with Crippen LogP contribution in [-0.4, -0.2) is 61.0 Å². The number of imidazole rings is 1. The SMILES string of the molecule is Cn1cnc(S(=O)(=O)N2C[C@@H]([C@@H]3CCCOC3)[C@H](Nc3ccc(Cl)c(OC(F)(F)F)c3)C2)c1. The molecule has 0 amide bonds. The highest BCUT2D eigenvalue weighted by Crippen LogP contribution is 2.37. The smallest absolute Gasteiger partial charge is 0.404 e. The maximum absolute atomic E-state index is 13.2. The van der Waals surface area contributed by atoms with Crippen molar-refractivity contribution in [3.63, 3.8) is 0 Å². The number of anilines is 1. The second-order valence-electron chi connectivity index (χ2n) is 8.28. The molecule has 0 unspecified atom stereocenters. The maximum Gasteiger partial charge on any atom is 0.573 e. The van der Waals surface area contributed by atoms with Crippen molar-refractivity contribution in [1.82, 2.24) is 13.9 Å². The number of aromatic nitrogens is 2. The summed E-state index contributed by atoms with van der Waals surface area (Å²) in [6.45, 7) is 1.55. The minimum atomic E-state index is -4.88. The molecule has 2 saturated heterocycles. The van der Waals surface area contributed by atoms with E-state index in [1.807, 2.05) is 0 Å². The fraction of sp³-hybridized carbons (Fsp3) is 0.550. The largest absolute Gasteiger partial charge is 0.573 e. The van der Waals surface area contributed by atoms with Gasteiger partial charge in [0, 0.05) is 57.3 Å². The van der Waals surface area contributed by atoms with Gasteiger partial charge in [-0.3, -0.25) is 0 Å². The number of nitrogens with one attached hydrogen (secondary N) is 1. The first kappa shape index (κ1) is 24.1. The van der Waals surface area contributed by atoms with Crippen LogP contribution in [0.15, 0.2) is 35.7 Å². The van der Waals surface area contributed by atoms with E-state index in [4.69, 9.17) is 16.3 Å². The van der Waals surface area contributed by atoms with Crippen LogP contribution in [0.4, 0.5) is 18.9 Å². The number of ether oxygens (including phenoxy) is 2. The summed E-state index contributed by atoms with van der Waals surface area (Å²) >= 11 is 5.86. The second-order valence-corrected chi connectivity index (χ2v) is 10.6. The van der Waals surface area contributed by atoms with Crippen LogP contribution >= 0.6 is 11.6 Å². The highest BCUT2D eigenvalue weighted by Gasteiger charge is 2.44. The Morgan fingerprint density at radius 3 is 2.73 bits per heavy atom. The zero-order valence-electron chi connectivity index (χ0n) is 17.8. The van der Waals surface area contributed by atoms with Crippen LogP contribution in [0.1, 0.15) is 12.8 Å². The van der Waals surface area contributed by atoms with Crippen molar-refractivity contribution in [2.45, 2.75) is 30.3 Å². The molecule has 182 valence electrons. The van der Waals surface area contributed by atoms with E-state index in [9.17, 15) is 21.6 Å². The molecule has 0 aliphatic carbocycles. The van der Waals surface area contributed by atoms with E-state index in [1.165, 1.54) is 35.0 Å².